The molecule has 2 fully saturated rings. The van der Waals surface area contributed by atoms with Crippen LogP contribution in [0.1, 0.15) is 12.0 Å². The Kier molecular flexibility index (Phi) is 5.61. The fourth-order valence-corrected chi connectivity index (χ4v) is 4.73. The van der Waals surface area contributed by atoms with E-state index in [9.17, 15) is 9.59 Å². The summed E-state index contributed by atoms with van der Waals surface area (Å²) in [4.78, 5) is 26.8. The van der Waals surface area contributed by atoms with Gasteiger partial charge in [0, 0.05) is 36.0 Å². The van der Waals surface area contributed by atoms with Gasteiger partial charge >= 0.3 is 0 Å². The fourth-order valence-electron chi connectivity index (χ4n) is 3.59. The number of carbonyl (C=O) groups excluding carboxylic acids is 2. The lowest BCUT2D eigenvalue weighted by Gasteiger charge is -2.19. The first kappa shape index (κ1) is 18.7. The number of thioether (sulfide) groups is 1. The normalized spacial score (nSPS) is 24.2. The molecule has 1 aromatic rings. The third kappa shape index (κ3) is 4.25. The Hall–Kier alpha value is -1.70. The lowest BCUT2D eigenvalue weighted by atomic mass is 10.0. The Morgan fingerprint density at radius 3 is 3.11 bits per heavy atom. The number of nitrogens with one attached hydrogen (secondary N) is 2. The first-order valence-electron chi connectivity index (χ1n) is 9.11. The van der Waals surface area contributed by atoms with Crippen molar-refractivity contribution < 1.29 is 14.3 Å². The third-order valence-corrected chi connectivity index (χ3v) is 6.31. The molecule has 27 heavy (non-hydrogen) atoms. The van der Waals surface area contributed by atoms with Crippen LogP contribution in [-0.2, 0) is 9.59 Å². The molecule has 6 nitrogen and oxygen atoms in total. The van der Waals surface area contributed by atoms with Crippen LogP contribution in [0.4, 0.5) is 0 Å². The van der Waals surface area contributed by atoms with E-state index in [0.717, 1.165) is 42.5 Å². The van der Waals surface area contributed by atoms with Crippen molar-refractivity contribution in [2.75, 3.05) is 37.9 Å². The molecule has 3 heterocycles. The average molecular weight is 408 g/mol. The summed E-state index contributed by atoms with van der Waals surface area (Å²) >= 11 is 7.80. The van der Waals surface area contributed by atoms with Crippen molar-refractivity contribution in [3.63, 3.8) is 0 Å². The van der Waals surface area contributed by atoms with E-state index in [-0.39, 0.29) is 30.4 Å². The minimum atomic E-state index is -0.133. The fraction of sp³-hybridized carbons (Fsp3) is 0.474. The van der Waals surface area contributed by atoms with Gasteiger partial charge in [-0.05, 0) is 36.6 Å². The molecule has 0 aromatic heterocycles. The van der Waals surface area contributed by atoms with Gasteiger partial charge in [-0.25, -0.2) is 0 Å². The summed E-state index contributed by atoms with van der Waals surface area (Å²) in [5.41, 5.74) is 1.40. The summed E-state index contributed by atoms with van der Waals surface area (Å²) < 4.78 is 5.64. The number of nitrogens with zero attached hydrogens (tertiary/aromatic N) is 1. The zero-order valence-corrected chi connectivity index (χ0v) is 16.4. The second kappa shape index (κ2) is 8.12. The van der Waals surface area contributed by atoms with Crippen LogP contribution in [0, 0.1) is 5.92 Å². The van der Waals surface area contributed by atoms with Gasteiger partial charge in [0.05, 0.1) is 17.5 Å². The first-order chi connectivity index (χ1) is 13.1. The molecule has 0 radical (unpaired) electrons. The number of benzene rings is 1. The van der Waals surface area contributed by atoms with Crippen LogP contribution in [0.25, 0.3) is 6.08 Å². The Balaban J connectivity index is 1.29. The second-order valence-electron chi connectivity index (χ2n) is 7.05. The van der Waals surface area contributed by atoms with Gasteiger partial charge in [-0.2, -0.15) is 0 Å². The molecule has 3 aliphatic heterocycles. The maximum Gasteiger partial charge on any atom is 0.250 e. The van der Waals surface area contributed by atoms with E-state index in [1.54, 1.807) is 23.9 Å². The van der Waals surface area contributed by atoms with Gasteiger partial charge < -0.3 is 20.3 Å². The van der Waals surface area contributed by atoms with Gasteiger partial charge in [0.15, 0.2) is 0 Å². The summed E-state index contributed by atoms with van der Waals surface area (Å²) in [7, 11) is 0. The van der Waals surface area contributed by atoms with Crippen molar-refractivity contribution in [2.45, 2.75) is 12.5 Å². The van der Waals surface area contributed by atoms with Crippen LogP contribution in [0.2, 0.25) is 5.02 Å². The van der Waals surface area contributed by atoms with Crippen LogP contribution in [0.3, 0.4) is 0 Å². The van der Waals surface area contributed by atoms with E-state index in [2.05, 4.69) is 10.6 Å². The summed E-state index contributed by atoms with van der Waals surface area (Å²) in [6, 6.07) is 5.24. The number of hydrogen-bond acceptors (Lipinski definition) is 5. The maximum absolute atomic E-state index is 12.5. The Morgan fingerprint density at radius 1 is 1.41 bits per heavy atom. The van der Waals surface area contributed by atoms with Crippen molar-refractivity contribution in [1.29, 1.82) is 0 Å². The van der Waals surface area contributed by atoms with Crippen LogP contribution >= 0.6 is 23.4 Å². The van der Waals surface area contributed by atoms with E-state index in [1.807, 2.05) is 17.0 Å². The average Bonchev–Trinajstić information content (AvgIpc) is 3.37. The molecule has 2 amide bonds. The molecular weight excluding hydrogens is 386 g/mol. The number of carbonyl (C=O) groups is 2. The van der Waals surface area contributed by atoms with Crippen LogP contribution in [-0.4, -0.2) is 60.6 Å². The monoisotopic (exact) mass is 407 g/mol. The van der Waals surface area contributed by atoms with Crippen LogP contribution < -0.4 is 15.4 Å². The Morgan fingerprint density at radius 2 is 2.30 bits per heavy atom. The number of halogens is 1. The standard InChI is InChI=1S/C19H22ClN3O3S/c20-15-1-2-17-13(7-15)6-14(10-26-17)18(24)22-9-12-5-16(21-8-12)19(25)23-3-4-27-11-23/h1-2,6-7,12,16,21H,3-5,8-11H2,(H,22,24)/t12-,16-/m0/s1. The first-order valence-corrected chi connectivity index (χ1v) is 10.6. The molecule has 8 heteroatoms. The van der Waals surface area contributed by atoms with Gasteiger partial charge in [-0.15, -0.1) is 11.8 Å². The molecule has 0 aliphatic carbocycles. The largest absolute Gasteiger partial charge is 0.488 e. The van der Waals surface area contributed by atoms with Gasteiger partial charge in [-0.3, -0.25) is 9.59 Å². The molecule has 0 bridgehead atoms. The maximum atomic E-state index is 12.5. The molecule has 3 aliphatic rings. The molecule has 4 rings (SSSR count). The van der Waals surface area contributed by atoms with Crippen molar-refractivity contribution >= 4 is 41.3 Å². The lowest BCUT2D eigenvalue weighted by molar-refractivity contribution is -0.131. The van der Waals surface area contributed by atoms with Gasteiger partial charge in [0.25, 0.3) is 5.91 Å². The van der Waals surface area contributed by atoms with E-state index >= 15 is 0 Å². The predicted octanol–water partition coefficient (Wildman–Crippen LogP) is 1.74. The summed E-state index contributed by atoms with van der Waals surface area (Å²) in [6.07, 6.45) is 2.58. The molecule has 2 N–H and O–H groups in total. The number of hydrogen-bond donors (Lipinski definition) is 2. The quantitative estimate of drug-likeness (QED) is 0.795. The summed E-state index contributed by atoms with van der Waals surface area (Å²) in [5, 5.41) is 6.89. The zero-order valence-electron chi connectivity index (χ0n) is 14.9. The van der Waals surface area contributed by atoms with Crippen molar-refractivity contribution in [1.82, 2.24) is 15.5 Å². The van der Waals surface area contributed by atoms with E-state index in [1.165, 1.54) is 0 Å². The molecule has 0 saturated carbocycles. The number of amides is 2. The van der Waals surface area contributed by atoms with Crippen LogP contribution in [0.5, 0.6) is 5.75 Å². The van der Waals surface area contributed by atoms with Gasteiger partial charge in [-0.1, -0.05) is 11.6 Å². The van der Waals surface area contributed by atoms with Gasteiger partial charge in [0.1, 0.15) is 12.4 Å². The molecule has 0 spiro atoms. The highest BCUT2D eigenvalue weighted by molar-refractivity contribution is 7.99. The highest BCUT2D eigenvalue weighted by atomic mass is 35.5. The zero-order chi connectivity index (χ0) is 18.8. The van der Waals surface area contributed by atoms with Crippen molar-refractivity contribution in [2.24, 2.45) is 5.92 Å². The Bertz CT molecular complexity index is 779. The summed E-state index contributed by atoms with van der Waals surface area (Å²) in [5.74, 6) is 2.85. The van der Waals surface area contributed by atoms with Gasteiger partial charge in [0.2, 0.25) is 5.91 Å². The smallest absolute Gasteiger partial charge is 0.250 e. The molecule has 2 atom stereocenters. The lowest BCUT2D eigenvalue weighted by Crippen LogP contribution is -2.42. The highest BCUT2D eigenvalue weighted by Crippen LogP contribution is 2.29. The topological polar surface area (TPSA) is 70.7 Å². The van der Waals surface area contributed by atoms with E-state index in [4.69, 9.17) is 16.3 Å². The molecule has 144 valence electrons. The number of fused-ring (bicyclic) bond motifs is 1. The Labute approximate surface area is 167 Å². The SMILES string of the molecule is O=C(NC[C@@H]1CN[C@H](C(=O)N2CCSC2)C1)C1=Cc2cc(Cl)ccc2OC1. The van der Waals surface area contributed by atoms with Crippen molar-refractivity contribution in [3.8, 4) is 5.75 Å². The highest BCUT2D eigenvalue weighted by Gasteiger charge is 2.33. The predicted molar refractivity (Wildman–Crippen MR) is 107 cm³/mol. The molecule has 1 aromatic carbocycles. The summed E-state index contributed by atoms with van der Waals surface area (Å²) in [6.45, 7) is 2.37. The minimum Gasteiger partial charge on any atom is -0.488 e. The number of ether oxygens (including phenoxy) is 1. The van der Waals surface area contributed by atoms with E-state index in [0.29, 0.717) is 17.1 Å². The van der Waals surface area contributed by atoms with Crippen LogP contribution in [0.15, 0.2) is 23.8 Å². The third-order valence-electron chi connectivity index (χ3n) is 5.11. The van der Waals surface area contributed by atoms with E-state index < -0.39 is 0 Å². The number of rotatable bonds is 4. The second-order valence-corrected chi connectivity index (χ2v) is 8.56. The molecular formula is C19H22ClN3O3S. The molecule has 0 unspecified atom stereocenters. The minimum absolute atomic E-state index is 0.128. The molecule has 2 saturated heterocycles. The van der Waals surface area contributed by atoms with Crippen molar-refractivity contribution in [3.05, 3.63) is 34.4 Å².